The first-order valence-corrected chi connectivity index (χ1v) is 8.35. The molecular weight excluding hydrogens is 320 g/mol. The van der Waals surface area contributed by atoms with Crippen molar-refractivity contribution < 1.29 is 4.79 Å². The van der Waals surface area contributed by atoms with Gasteiger partial charge < -0.3 is 5.32 Å². The van der Waals surface area contributed by atoms with E-state index in [9.17, 15) is 4.79 Å². The topological polar surface area (TPSA) is 70.7 Å². The highest BCUT2D eigenvalue weighted by atomic mass is 32.1. The van der Waals surface area contributed by atoms with Gasteiger partial charge in [-0.2, -0.15) is 5.10 Å². The number of carbonyl (C=O) groups excluding carboxylic acids is 1. The molecule has 0 radical (unpaired) electrons. The SMILES string of the molecule is Cc1nc(C(=O)Nc2cc(-c3ccccc3)cc3[nH]ncc23)cs1. The minimum absolute atomic E-state index is 0.216. The second kappa shape index (κ2) is 5.90. The quantitative estimate of drug-likeness (QED) is 0.588. The van der Waals surface area contributed by atoms with Gasteiger partial charge in [0.2, 0.25) is 0 Å². The normalized spacial score (nSPS) is 10.9. The molecule has 0 aliphatic heterocycles. The van der Waals surface area contributed by atoms with Gasteiger partial charge in [0.1, 0.15) is 5.69 Å². The third kappa shape index (κ3) is 2.68. The van der Waals surface area contributed by atoms with E-state index in [1.807, 2.05) is 49.4 Å². The molecule has 0 saturated heterocycles. The minimum Gasteiger partial charge on any atom is -0.320 e. The van der Waals surface area contributed by atoms with Gasteiger partial charge in [-0.3, -0.25) is 9.89 Å². The highest BCUT2D eigenvalue weighted by Gasteiger charge is 2.13. The summed E-state index contributed by atoms with van der Waals surface area (Å²) in [4.78, 5) is 16.7. The van der Waals surface area contributed by atoms with E-state index in [1.165, 1.54) is 11.3 Å². The molecule has 4 rings (SSSR count). The Kier molecular flexibility index (Phi) is 3.59. The van der Waals surface area contributed by atoms with Crippen LogP contribution in [0.2, 0.25) is 0 Å². The average molecular weight is 334 g/mol. The van der Waals surface area contributed by atoms with Crippen molar-refractivity contribution in [2.24, 2.45) is 0 Å². The van der Waals surface area contributed by atoms with Crippen molar-refractivity contribution >= 4 is 33.8 Å². The summed E-state index contributed by atoms with van der Waals surface area (Å²) in [6, 6.07) is 14.0. The number of amides is 1. The van der Waals surface area contributed by atoms with Crippen molar-refractivity contribution in [2.45, 2.75) is 6.92 Å². The number of aryl methyl sites for hydroxylation is 1. The maximum Gasteiger partial charge on any atom is 0.275 e. The molecule has 2 aromatic carbocycles. The maximum atomic E-state index is 12.4. The third-order valence-corrected chi connectivity index (χ3v) is 4.54. The molecule has 24 heavy (non-hydrogen) atoms. The number of fused-ring (bicyclic) bond motifs is 1. The van der Waals surface area contributed by atoms with Crippen LogP contribution in [0.1, 0.15) is 15.5 Å². The molecule has 6 heteroatoms. The summed E-state index contributed by atoms with van der Waals surface area (Å²) in [5, 5.41) is 13.5. The van der Waals surface area contributed by atoms with E-state index in [1.54, 1.807) is 11.6 Å². The Balaban J connectivity index is 1.76. The lowest BCUT2D eigenvalue weighted by atomic mass is 10.0. The van der Waals surface area contributed by atoms with Crippen LogP contribution in [0.4, 0.5) is 5.69 Å². The van der Waals surface area contributed by atoms with Gasteiger partial charge >= 0.3 is 0 Å². The molecule has 5 nitrogen and oxygen atoms in total. The van der Waals surface area contributed by atoms with Crippen molar-refractivity contribution in [3.63, 3.8) is 0 Å². The number of hydrogen-bond donors (Lipinski definition) is 2. The van der Waals surface area contributed by atoms with E-state index in [0.29, 0.717) is 5.69 Å². The lowest BCUT2D eigenvalue weighted by Gasteiger charge is -2.09. The number of aromatic nitrogens is 3. The Morgan fingerprint density at radius 2 is 2.00 bits per heavy atom. The second-order valence-corrected chi connectivity index (χ2v) is 6.49. The van der Waals surface area contributed by atoms with Crippen molar-refractivity contribution in [2.75, 3.05) is 5.32 Å². The van der Waals surface area contributed by atoms with Crippen LogP contribution in [0.15, 0.2) is 54.0 Å². The number of carbonyl (C=O) groups is 1. The van der Waals surface area contributed by atoms with Gasteiger partial charge in [0.25, 0.3) is 5.91 Å². The van der Waals surface area contributed by atoms with Crippen LogP contribution >= 0.6 is 11.3 Å². The molecule has 0 bridgehead atoms. The van der Waals surface area contributed by atoms with Gasteiger partial charge in [0, 0.05) is 10.8 Å². The van der Waals surface area contributed by atoms with Gasteiger partial charge in [0.05, 0.1) is 22.4 Å². The van der Waals surface area contributed by atoms with E-state index < -0.39 is 0 Å². The van der Waals surface area contributed by atoms with E-state index in [4.69, 9.17) is 0 Å². The molecular formula is C18H14N4OS. The highest BCUT2D eigenvalue weighted by molar-refractivity contribution is 7.09. The first-order chi connectivity index (χ1) is 11.7. The predicted molar refractivity (Wildman–Crippen MR) is 96.3 cm³/mol. The molecule has 2 N–H and O–H groups in total. The molecule has 118 valence electrons. The molecule has 0 aliphatic carbocycles. The molecule has 2 heterocycles. The molecule has 0 unspecified atom stereocenters. The van der Waals surface area contributed by atoms with Gasteiger partial charge in [-0.05, 0) is 30.2 Å². The summed E-state index contributed by atoms with van der Waals surface area (Å²) in [6.45, 7) is 1.88. The number of thiazole rings is 1. The second-order valence-electron chi connectivity index (χ2n) is 5.43. The summed E-state index contributed by atoms with van der Waals surface area (Å²) in [7, 11) is 0. The van der Waals surface area contributed by atoms with Crippen LogP contribution < -0.4 is 5.32 Å². The van der Waals surface area contributed by atoms with E-state index >= 15 is 0 Å². The van der Waals surface area contributed by atoms with Gasteiger partial charge in [-0.1, -0.05) is 30.3 Å². The summed E-state index contributed by atoms with van der Waals surface area (Å²) in [6.07, 6.45) is 1.71. The Labute approximate surface area is 142 Å². The zero-order valence-corrected chi connectivity index (χ0v) is 13.7. The zero-order chi connectivity index (χ0) is 16.5. The van der Waals surface area contributed by atoms with Crippen LogP contribution in [0, 0.1) is 6.92 Å². The van der Waals surface area contributed by atoms with E-state index in [0.717, 1.165) is 32.7 Å². The van der Waals surface area contributed by atoms with Crippen LogP contribution in [0.5, 0.6) is 0 Å². The number of benzene rings is 2. The fraction of sp³-hybridized carbons (Fsp3) is 0.0556. The first kappa shape index (κ1) is 14.6. The van der Waals surface area contributed by atoms with Crippen molar-refractivity contribution in [1.29, 1.82) is 0 Å². The number of nitrogens with zero attached hydrogens (tertiary/aromatic N) is 2. The largest absolute Gasteiger partial charge is 0.320 e. The standard InChI is InChI=1S/C18H14N4OS/c1-11-20-17(10-24-11)18(23)21-15-7-13(12-5-3-2-4-6-12)8-16-14(15)9-19-22-16/h2-10H,1H3,(H,19,22)(H,21,23). The zero-order valence-electron chi connectivity index (χ0n) is 12.9. The number of aromatic amines is 1. The Morgan fingerprint density at radius 3 is 2.75 bits per heavy atom. The molecule has 2 aromatic heterocycles. The molecule has 0 saturated carbocycles. The van der Waals surface area contributed by atoms with Gasteiger partial charge in [-0.25, -0.2) is 4.98 Å². The minimum atomic E-state index is -0.216. The van der Waals surface area contributed by atoms with Gasteiger partial charge in [-0.15, -0.1) is 11.3 Å². The molecule has 4 aromatic rings. The van der Waals surface area contributed by atoms with Crippen molar-refractivity contribution in [1.82, 2.24) is 15.2 Å². The number of H-pyrrole nitrogens is 1. The number of anilines is 1. The summed E-state index contributed by atoms with van der Waals surface area (Å²) in [5.41, 5.74) is 4.11. The van der Waals surface area contributed by atoms with E-state index in [-0.39, 0.29) is 5.91 Å². The Hall–Kier alpha value is -2.99. The van der Waals surface area contributed by atoms with Crippen molar-refractivity contribution in [3.8, 4) is 11.1 Å². The predicted octanol–water partition coefficient (Wildman–Crippen LogP) is 4.25. The smallest absolute Gasteiger partial charge is 0.275 e. The Morgan fingerprint density at radius 1 is 1.17 bits per heavy atom. The van der Waals surface area contributed by atoms with E-state index in [2.05, 4.69) is 20.5 Å². The van der Waals surface area contributed by atoms with Crippen LogP contribution in [0.25, 0.3) is 22.0 Å². The van der Waals surface area contributed by atoms with Gasteiger partial charge in [0.15, 0.2) is 0 Å². The molecule has 1 amide bonds. The fourth-order valence-electron chi connectivity index (χ4n) is 2.61. The third-order valence-electron chi connectivity index (χ3n) is 3.77. The highest BCUT2D eigenvalue weighted by Crippen LogP contribution is 2.30. The number of hydrogen-bond acceptors (Lipinski definition) is 4. The number of rotatable bonds is 3. The molecule has 0 aliphatic rings. The fourth-order valence-corrected chi connectivity index (χ4v) is 3.20. The summed E-state index contributed by atoms with van der Waals surface area (Å²) >= 11 is 1.46. The summed E-state index contributed by atoms with van der Waals surface area (Å²) in [5.74, 6) is -0.216. The first-order valence-electron chi connectivity index (χ1n) is 7.47. The maximum absolute atomic E-state index is 12.4. The lowest BCUT2D eigenvalue weighted by molar-refractivity contribution is 0.102. The monoisotopic (exact) mass is 334 g/mol. The number of nitrogens with one attached hydrogen (secondary N) is 2. The molecule has 0 spiro atoms. The lowest BCUT2D eigenvalue weighted by Crippen LogP contribution is -2.12. The van der Waals surface area contributed by atoms with Crippen LogP contribution in [0.3, 0.4) is 0 Å². The molecule has 0 fully saturated rings. The van der Waals surface area contributed by atoms with Crippen LogP contribution in [-0.4, -0.2) is 21.1 Å². The Bertz CT molecular complexity index is 1020. The van der Waals surface area contributed by atoms with Crippen LogP contribution in [-0.2, 0) is 0 Å². The molecule has 0 atom stereocenters. The summed E-state index contributed by atoms with van der Waals surface area (Å²) < 4.78 is 0. The average Bonchev–Trinajstić information content (AvgIpc) is 3.24. The van der Waals surface area contributed by atoms with Crippen molar-refractivity contribution in [3.05, 3.63) is 64.7 Å².